The van der Waals surface area contributed by atoms with E-state index < -0.39 is 0 Å². The average Bonchev–Trinajstić information content (AvgIpc) is 1.94. The van der Waals surface area contributed by atoms with Gasteiger partial charge in [-0.05, 0) is 34.7 Å². The number of hydrogen-bond acceptors (Lipinski definition) is 3. The normalized spacial score (nSPS) is 31.1. The quantitative estimate of drug-likeness (QED) is 0.572. The van der Waals surface area contributed by atoms with Gasteiger partial charge >= 0.3 is 0 Å². The van der Waals surface area contributed by atoms with Gasteiger partial charge in [-0.1, -0.05) is 0 Å². The van der Waals surface area contributed by atoms with Crippen molar-refractivity contribution in [2.24, 2.45) is 0 Å². The summed E-state index contributed by atoms with van der Waals surface area (Å²) in [7, 11) is 2.04. The van der Waals surface area contributed by atoms with Crippen LogP contribution in [0.15, 0.2) is 0 Å². The summed E-state index contributed by atoms with van der Waals surface area (Å²) in [5.41, 5.74) is -0.165. The van der Waals surface area contributed by atoms with E-state index in [4.69, 9.17) is 0 Å². The maximum Gasteiger partial charge on any atom is 0.0921 e. The van der Waals surface area contributed by atoms with Gasteiger partial charge in [0, 0.05) is 12.1 Å². The van der Waals surface area contributed by atoms with Gasteiger partial charge in [0.05, 0.1) is 5.66 Å². The predicted molar refractivity (Wildman–Crippen MR) is 44.4 cm³/mol. The minimum atomic E-state index is -0.233. The van der Waals surface area contributed by atoms with Crippen LogP contribution in [-0.2, 0) is 0 Å². The molecule has 66 valence electrons. The average molecular weight is 158 g/mol. The van der Waals surface area contributed by atoms with E-state index >= 15 is 0 Å². The number of hydroxylamine groups is 2. The number of rotatable bonds is 0. The third-order valence-corrected chi connectivity index (χ3v) is 2.90. The molecule has 11 heavy (non-hydrogen) atoms. The lowest BCUT2D eigenvalue weighted by Crippen LogP contribution is -2.48. The monoisotopic (exact) mass is 158 g/mol. The predicted octanol–water partition coefficient (Wildman–Crippen LogP) is 1.14. The lowest BCUT2D eigenvalue weighted by Gasteiger charge is -2.36. The number of nitrogens with zero attached hydrogens (tertiary/aromatic N) is 2. The first-order valence-electron chi connectivity index (χ1n) is 3.99. The number of likely N-dealkylation sites (N-methyl/N-ethyl adjacent to an activating group) is 1. The Bertz CT molecular complexity index is 165. The van der Waals surface area contributed by atoms with E-state index in [0.717, 1.165) is 0 Å². The van der Waals surface area contributed by atoms with Crippen LogP contribution in [0.25, 0.3) is 0 Å². The molecule has 1 aliphatic heterocycles. The smallest absolute Gasteiger partial charge is 0.0921 e. The van der Waals surface area contributed by atoms with Crippen molar-refractivity contribution in [2.75, 3.05) is 13.6 Å². The Morgan fingerprint density at radius 2 is 1.64 bits per heavy atom. The van der Waals surface area contributed by atoms with Crippen molar-refractivity contribution >= 4 is 0 Å². The van der Waals surface area contributed by atoms with Crippen LogP contribution < -0.4 is 0 Å². The van der Waals surface area contributed by atoms with Crippen molar-refractivity contribution in [2.45, 2.75) is 38.9 Å². The Kier molecular flexibility index (Phi) is 1.78. The van der Waals surface area contributed by atoms with Crippen molar-refractivity contribution in [3.8, 4) is 0 Å². The Hall–Kier alpha value is -0.120. The SMILES string of the molecule is CN1C(C)(C)CN(O)C1(C)C. The van der Waals surface area contributed by atoms with Gasteiger partial charge < -0.3 is 5.21 Å². The molecule has 0 unspecified atom stereocenters. The van der Waals surface area contributed by atoms with Gasteiger partial charge in [-0.2, -0.15) is 5.06 Å². The molecular weight excluding hydrogens is 140 g/mol. The Morgan fingerprint density at radius 1 is 1.18 bits per heavy atom. The van der Waals surface area contributed by atoms with Crippen LogP contribution in [-0.4, -0.2) is 40.0 Å². The third-order valence-electron chi connectivity index (χ3n) is 2.90. The standard InChI is InChI=1S/C8H18N2O/c1-7(2)6-10(11)8(3,4)9(7)5/h11H,6H2,1-5H3. The number of hydrogen-bond donors (Lipinski definition) is 1. The van der Waals surface area contributed by atoms with E-state index in [-0.39, 0.29) is 11.2 Å². The maximum atomic E-state index is 9.55. The molecule has 0 spiro atoms. The molecule has 1 aliphatic rings. The van der Waals surface area contributed by atoms with Gasteiger partial charge in [0.1, 0.15) is 0 Å². The first-order valence-corrected chi connectivity index (χ1v) is 3.99. The highest BCUT2D eigenvalue weighted by Gasteiger charge is 2.47. The van der Waals surface area contributed by atoms with Gasteiger partial charge in [-0.25, -0.2) is 0 Å². The zero-order valence-electron chi connectivity index (χ0n) is 8.05. The molecule has 1 rings (SSSR count). The van der Waals surface area contributed by atoms with Crippen molar-refractivity contribution in [3.63, 3.8) is 0 Å². The van der Waals surface area contributed by atoms with Crippen LogP contribution in [0.5, 0.6) is 0 Å². The Balaban J connectivity index is 2.89. The highest BCUT2D eigenvalue weighted by molar-refractivity contribution is 4.97. The fourth-order valence-electron chi connectivity index (χ4n) is 1.58. The van der Waals surface area contributed by atoms with Crippen LogP contribution in [0.1, 0.15) is 27.7 Å². The molecule has 1 saturated heterocycles. The Labute approximate surface area is 68.6 Å². The van der Waals surface area contributed by atoms with Gasteiger partial charge in [0.25, 0.3) is 0 Å². The molecule has 1 fully saturated rings. The van der Waals surface area contributed by atoms with E-state index in [1.54, 1.807) is 0 Å². The molecule has 0 radical (unpaired) electrons. The van der Waals surface area contributed by atoms with E-state index in [0.29, 0.717) is 6.54 Å². The van der Waals surface area contributed by atoms with Gasteiger partial charge in [0.2, 0.25) is 0 Å². The lowest BCUT2D eigenvalue weighted by atomic mass is 10.1. The minimum Gasteiger partial charge on any atom is -0.312 e. The maximum absolute atomic E-state index is 9.55. The van der Waals surface area contributed by atoms with E-state index in [1.807, 2.05) is 20.9 Å². The Morgan fingerprint density at radius 3 is 1.73 bits per heavy atom. The third kappa shape index (κ3) is 1.17. The van der Waals surface area contributed by atoms with Crippen molar-refractivity contribution in [1.29, 1.82) is 0 Å². The van der Waals surface area contributed by atoms with Gasteiger partial charge in [0.15, 0.2) is 0 Å². The zero-order chi connectivity index (χ0) is 8.86. The molecule has 0 aromatic rings. The summed E-state index contributed by atoms with van der Waals surface area (Å²) < 4.78 is 0. The van der Waals surface area contributed by atoms with Crippen LogP contribution in [0.4, 0.5) is 0 Å². The summed E-state index contributed by atoms with van der Waals surface area (Å²) in [5.74, 6) is 0. The highest BCUT2D eigenvalue weighted by Crippen LogP contribution is 2.33. The second-order valence-electron chi connectivity index (χ2n) is 4.42. The summed E-state index contributed by atoms with van der Waals surface area (Å²) in [6, 6.07) is 0. The molecule has 1 heterocycles. The molecule has 0 aromatic carbocycles. The zero-order valence-corrected chi connectivity index (χ0v) is 8.05. The minimum absolute atomic E-state index is 0.0677. The second kappa shape index (κ2) is 2.19. The molecule has 0 aromatic heterocycles. The summed E-state index contributed by atoms with van der Waals surface area (Å²) in [6.07, 6.45) is 0. The lowest BCUT2D eigenvalue weighted by molar-refractivity contribution is -0.164. The summed E-state index contributed by atoms with van der Waals surface area (Å²) in [6.45, 7) is 9.00. The van der Waals surface area contributed by atoms with Crippen LogP contribution >= 0.6 is 0 Å². The first-order chi connectivity index (χ1) is 4.78. The van der Waals surface area contributed by atoms with Gasteiger partial charge in [-0.15, -0.1) is 0 Å². The van der Waals surface area contributed by atoms with E-state index in [1.165, 1.54) is 5.06 Å². The van der Waals surface area contributed by atoms with Gasteiger partial charge in [-0.3, -0.25) is 4.90 Å². The van der Waals surface area contributed by atoms with E-state index in [9.17, 15) is 5.21 Å². The van der Waals surface area contributed by atoms with Crippen LogP contribution in [0.2, 0.25) is 0 Å². The van der Waals surface area contributed by atoms with Crippen molar-refractivity contribution in [3.05, 3.63) is 0 Å². The summed E-state index contributed by atoms with van der Waals surface area (Å²) in [4.78, 5) is 2.18. The topological polar surface area (TPSA) is 26.7 Å². The highest BCUT2D eigenvalue weighted by atomic mass is 16.5. The fourth-order valence-corrected chi connectivity index (χ4v) is 1.58. The van der Waals surface area contributed by atoms with Crippen molar-refractivity contribution in [1.82, 2.24) is 9.96 Å². The molecule has 0 aliphatic carbocycles. The first kappa shape index (κ1) is 8.97. The molecule has 0 atom stereocenters. The molecule has 3 nitrogen and oxygen atoms in total. The van der Waals surface area contributed by atoms with E-state index in [2.05, 4.69) is 18.7 Å². The molecule has 0 amide bonds. The second-order valence-corrected chi connectivity index (χ2v) is 4.42. The van der Waals surface area contributed by atoms with Crippen LogP contribution in [0, 0.1) is 0 Å². The van der Waals surface area contributed by atoms with Crippen molar-refractivity contribution < 1.29 is 5.21 Å². The molecule has 0 bridgehead atoms. The fraction of sp³-hybridized carbons (Fsp3) is 1.00. The summed E-state index contributed by atoms with van der Waals surface area (Å²) in [5, 5.41) is 11.0. The molecule has 1 N–H and O–H groups in total. The van der Waals surface area contributed by atoms with Crippen LogP contribution in [0.3, 0.4) is 0 Å². The summed E-state index contributed by atoms with van der Waals surface area (Å²) >= 11 is 0. The molecule has 3 heteroatoms. The molecule has 0 saturated carbocycles. The molecular formula is C8H18N2O. The largest absolute Gasteiger partial charge is 0.312 e.